The van der Waals surface area contributed by atoms with Crippen molar-refractivity contribution >= 4 is 17.8 Å². The van der Waals surface area contributed by atoms with E-state index in [9.17, 15) is 19.5 Å². The van der Waals surface area contributed by atoms with Gasteiger partial charge in [-0.05, 0) is 57.9 Å². The van der Waals surface area contributed by atoms with Gasteiger partial charge in [0.25, 0.3) is 0 Å². The number of amides is 1. The van der Waals surface area contributed by atoms with E-state index in [1.165, 1.54) is 122 Å². The molecule has 0 aromatic carbocycles. The summed E-state index contributed by atoms with van der Waals surface area (Å²) in [5.41, 5.74) is 5.46. The van der Waals surface area contributed by atoms with Crippen LogP contribution in [0.1, 0.15) is 219 Å². The predicted octanol–water partition coefficient (Wildman–Crippen LogP) is 10.9. The highest BCUT2D eigenvalue weighted by Crippen LogP contribution is 2.18. The number of nitrogens with two attached hydrogens (primary N) is 1. The van der Waals surface area contributed by atoms with Crippen molar-refractivity contribution in [3.63, 3.8) is 0 Å². The molecule has 0 aromatic rings. The molecule has 0 radical (unpaired) electrons. The fourth-order valence-corrected chi connectivity index (χ4v) is 6.33. The van der Waals surface area contributed by atoms with Gasteiger partial charge in [0, 0.05) is 12.8 Å². The van der Waals surface area contributed by atoms with Crippen LogP contribution in [0.25, 0.3) is 0 Å². The number of hydrogen-bond acceptors (Lipinski definition) is 5. The normalized spacial score (nSPS) is 12.6. The van der Waals surface area contributed by atoms with Gasteiger partial charge in [-0.3, -0.25) is 9.59 Å². The molecule has 0 saturated carbocycles. The van der Waals surface area contributed by atoms with E-state index in [-0.39, 0.29) is 18.0 Å². The summed E-state index contributed by atoms with van der Waals surface area (Å²) in [6.07, 6.45) is 36.0. The van der Waals surface area contributed by atoms with E-state index < -0.39 is 12.0 Å². The van der Waals surface area contributed by atoms with Gasteiger partial charge < -0.3 is 20.9 Å². The van der Waals surface area contributed by atoms with E-state index >= 15 is 0 Å². The third-order valence-corrected chi connectivity index (χ3v) is 9.42. The van der Waals surface area contributed by atoms with E-state index in [2.05, 4.69) is 19.2 Å². The van der Waals surface area contributed by atoms with Gasteiger partial charge in [0.1, 0.15) is 12.1 Å². The van der Waals surface area contributed by atoms with Crippen molar-refractivity contribution in [1.29, 1.82) is 0 Å². The number of carbonyl (C=O) groups is 3. The Morgan fingerprint density at radius 3 is 1.34 bits per heavy atom. The zero-order chi connectivity index (χ0) is 34.6. The lowest BCUT2D eigenvalue weighted by molar-refractivity contribution is -0.150. The summed E-state index contributed by atoms with van der Waals surface area (Å²) < 4.78 is 5.94. The summed E-state index contributed by atoms with van der Waals surface area (Å²) in [6.45, 7) is 4.90. The Hall–Kier alpha value is -1.63. The maximum atomic E-state index is 12.6. The number of esters is 1. The summed E-state index contributed by atoms with van der Waals surface area (Å²) in [5.74, 6) is -1.26. The van der Waals surface area contributed by atoms with Gasteiger partial charge in [-0.1, -0.05) is 155 Å². The van der Waals surface area contributed by atoms with Crippen molar-refractivity contribution < 1.29 is 24.2 Å². The molecule has 0 aliphatic rings. The Balaban J connectivity index is 3.92. The first-order valence-corrected chi connectivity index (χ1v) is 20.4. The van der Waals surface area contributed by atoms with E-state index in [4.69, 9.17) is 10.5 Å². The second-order valence-corrected chi connectivity index (χ2v) is 14.1. The topological polar surface area (TPSA) is 119 Å². The first-order chi connectivity index (χ1) is 22.9. The van der Waals surface area contributed by atoms with Crippen molar-refractivity contribution in [3.05, 3.63) is 0 Å². The van der Waals surface area contributed by atoms with Crippen LogP contribution in [0.5, 0.6) is 0 Å². The van der Waals surface area contributed by atoms with Crippen LogP contribution in [0.2, 0.25) is 0 Å². The van der Waals surface area contributed by atoms with Crippen molar-refractivity contribution in [2.24, 2.45) is 5.73 Å². The highest BCUT2D eigenvalue weighted by Gasteiger charge is 2.19. The number of nitrogens with one attached hydrogen (secondary N) is 1. The minimum Gasteiger partial charge on any atom is -0.480 e. The van der Waals surface area contributed by atoms with Crippen LogP contribution in [-0.4, -0.2) is 41.6 Å². The quantitative estimate of drug-likeness (QED) is 0.0448. The summed E-state index contributed by atoms with van der Waals surface area (Å²) in [4.78, 5) is 36.1. The van der Waals surface area contributed by atoms with E-state index in [1.54, 1.807) is 0 Å². The van der Waals surface area contributed by atoms with Crippen molar-refractivity contribution in [1.82, 2.24) is 5.32 Å². The molecule has 0 heterocycles. The molecule has 0 saturated heterocycles. The van der Waals surface area contributed by atoms with Gasteiger partial charge >= 0.3 is 11.9 Å². The molecule has 7 heteroatoms. The number of carboxylic acid groups (broad SMARTS) is 1. The largest absolute Gasteiger partial charge is 0.480 e. The summed E-state index contributed by atoms with van der Waals surface area (Å²) in [5, 5.41) is 11.9. The molecule has 4 N–H and O–H groups in total. The molecule has 2 unspecified atom stereocenters. The molecular weight excluding hydrogens is 588 g/mol. The van der Waals surface area contributed by atoms with Crippen molar-refractivity contribution in [3.8, 4) is 0 Å². The highest BCUT2D eigenvalue weighted by molar-refractivity contribution is 5.83. The maximum Gasteiger partial charge on any atom is 0.326 e. The summed E-state index contributed by atoms with van der Waals surface area (Å²) >= 11 is 0. The van der Waals surface area contributed by atoms with Crippen molar-refractivity contribution in [2.45, 2.75) is 231 Å². The van der Waals surface area contributed by atoms with Gasteiger partial charge in [-0.15, -0.1) is 0 Å². The average molecular weight is 667 g/mol. The molecule has 0 fully saturated rings. The Morgan fingerprint density at radius 2 is 0.915 bits per heavy atom. The van der Waals surface area contributed by atoms with E-state index in [0.29, 0.717) is 32.2 Å². The zero-order valence-corrected chi connectivity index (χ0v) is 31.1. The molecule has 0 aliphatic heterocycles. The Labute approximate surface area is 290 Å². The van der Waals surface area contributed by atoms with Crippen LogP contribution in [-0.2, 0) is 19.1 Å². The number of carboxylic acids is 1. The third-order valence-electron chi connectivity index (χ3n) is 9.42. The first-order valence-electron chi connectivity index (χ1n) is 20.4. The lowest BCUT2D eigenvalue weighted by atomic mass is 10.0. The van der Waals surface area contributed by atoms with Crippen molar-refractivity contribution in [2.75, 3.05) is 6.54 Å². The molecule has 0 aliphatic carbocycles. The summed E-state index contributed by atoms with van der Waals surface area (Å²) in [7, 11) is 0. The van der Waals surface area contributed by atoms with Gasteiger partial charge in [-0.25, -0.2) is 4.79 Å². The molecular formula is C40H78N2O5. The van der Waals surface area contributed by atoms with E-state index in [1.807, 2.05) is 0 Å². The lowest BCUT2D eigenvalue weighted by Crippen LogP contribution is -2.40. The van der Waals surface area contributed by atoms with Crippen LogP contribution in [0.4, 0.5) is 0 Å². The third kappa shape index (κ3) is 32.7. The minimum absolute atomic E-state index is 0.00271. The molecule has 278 valence electrons. The standard InChI is InChI=1S/C40H78N2O5/c1-3-5-7-9-10-11-12-13-14-15-16-17-18-19-20-21-22-28-34-39(44)47-36(30-25-8-6-4-2)31-26-23-24-27-33-38(43)42-37(40(45)46)32-29-35-41/h36-37H,3-35,41H2,1-2H3,(H,42,43)(H,45,46). The number of rotatable bonds is 37. The SMILES string of the molecule is CCCCCCCCCCCCCCCCCCCCC(=O)OC(CCCCCC)CCCCCCC(=O)NC(CCCN)C(=O)O. The summed E-state index contributed by atoms with van der Waals surface area (Å²) in [6, 6.07) is -0.858. The van der Waals surface area contributed by atoms with Crippen LogP contribution >= 0.6 is 0 Å². The number of carbonyl (C=O) groups excluding carboxylic acids is 2. The molecule has 47 heavy (non-hydrogen) atoms. The first kappa shape index (κ1) is 45.4. The Morgan fingerprint density at radius 1 is 0.532 bits per heavy atom. The van der Waals surface area contributed by atoms with Gasteiger partial charge in [0.05, 0.1) is 0 Å². The maximum absolute atomic E-state index is 12.6. The molecule has 0 aromatic heterocycles. The number of ether oxygens (including phenoxy) is 1. The predicted molar refractivity (Wildman–Crippen MR) is 198 cm³/mol. The number of unbranched alkanes of at least 4 members (excludes halogenated alkanes) is 23. The average Bonchev–Trinajstić information content (AvgIpc) is 3.05. The molecule has 0 rings (SSSR count). The second kappa shape index (κ2) is 35.7. The highest BCUT2D eigenvalue weighted by atomic mass is 16.5. The number of aliphatic carboxylic acids is 1. The molecule has 1 amide bonds. The van der Waals surface area contributed by atoms with Crippen LogP contribution in [0, 0.1) is 0 Å². The van der Waals surface area contributed by atoms with Crippen LogP contribution in [0.3, 0.4) is 0 Å². The van der Waals surface area contributed by atoms with Crippen LogP contribution < -0.4 is 11.1 Å². The van der Waals surface area contributed by atoms with Gasteiger partial charge in [0.15, 0.2) is 0 Å². The molecule has 0 bridgehead atoms. The lowest BCUT2D eigenvalue weighted by Gasteiger charge is -2.18. The second-order valence-electron chi connectivity index (χ2n) is 14.1. The van der Waals surface area contributed by atoms with Crippen LogP contribution in [0.15, 0.2) is 0 Å². The molecule has 0 spiro atoms. The zero-order valence-electron chi connectivity index (χ0n) is 31.1. The fraction of sp³-hybridized carbons (Fsp3) is 0.925. The Bertz CT molecular complexity index is 717. The number of hydrogen-bond donors (Lipinski definition) is 3. The van der Waals surface area contributed by atoms with E-state index in [0.717, 1.165) is 57.8 Å². The monoisotopic (exact) mass is 667 g/mol. The minimum atomic E-state index is -1.01. The van der Waals surface area contributed by atoms with Gasteiger partial charge in [0.2, 0.25) is 5.91 Å². The Kier molecular flexibility index (Phi) is 34.4. The smallest absolute Gasteiger partial charge is 0.326 e. The molecule has 7 nitrogen and oxygen atoms in total. The fourth-order valence-electron chi connectivity index (χ4n) is 6.33. The molecule has 2 atom stereocenters. The van der Waals surface area contributed by atoms with Gasteiger partial charge in [-0.2, -0.15) is 0 Å².